The summed E-state index contributed by atoms with van der Waals surface area (Å²) in [5.74, 6) is 0.598. The van der Waals surface area contributed by atoms with Crippen LogP contribution in [0.5, 0.6) is 0 Å². The molecule has 0 radical (unpaired) electrons. The third-order valence-electron chi connectivity index (χ3n) is 3.50. The highest BCUT2D eigenvalue weighted by Crippen LogP contribution is 2.26. The molecule has 0 aliphatic heterocycles. The zero-order chi connectivity index (χ0) is 17.0. The van der Waals surface area contributed by atoms with Crippen molar-refractivity contribution in [2.45, 2.75) is 26.4 Å². The minimum atomic E-state index is -1.23. The van der Waals surface area contributed by atoms with Crippen molar-refractivity contribution < 1.29 is 18.7 Å². The number of rotatable bonds is 5. The van der Waals surface area contributed by atoms with Gasteiger partial charge in [-0.2, -0.15) is 0 Å². The van der Waals surface area contributed by atoms with Crippen LogP contribution in [0.4, 0.5) is 4.39 Å². The lowest BCUT2D eigenvalue weighted by Gasteiger charge is -2.22. The fraction of sp³-hybridized carbons (Fsp3) is 0.278. The van der Waals surface area contributed by atoms with Gasteiger partial charge in [0.2, 0.25) is 5.91 Å². The number of hydrogen-bond acceptors (Lipinski definition) is 3. The van der Waals surface area contributed by atoms with Crippen molar-refractivity contribution in [1.29, 1.82) is 0 Å². The first-order valence-electron chi connectivity index (χ1n) is 7.29. The SMILES string of the molecule is Cc1cc(C(C)(O)CNC(=O)C=Cc2cccc(F)c2)c(C)o1. The lowest BCUT2D eigenvalue weighted by atomic mass is 9.96. The molecule has 122 valence electrons. The zero-order valence-corrected chi connectivity index (χ0v) is 13.4. The van der Waals surface area contributed by atoms with Gasteiger partial charge < -0.3 is 14.8 Å². The van der Waals surface area contributed by atoms with Gasteiger partial charge in [0.05, 0.1) is 6.54 Å². The van der Waals surface area contributed by atoms with Crippen LogP contribution in [0.2, 0.25) is 0 Å². The van der Waals surface area contributed by atoms with Crippen molar-refractivity contribution in [3.05, 3.63) is 64.9 Å². The van der Waals surface area contributed by atoms with Crippen molar-refractivity contribution >= 4 is 12.0 Å². The maximum atomic E-state index is 13.0. The first-order chi connectivity index (χ1) is 10.8. The summed E-state index contributed by atoms with van der Waals surface area (Å²) in [6.45, 7) is 5.22. The van der Waals surface area contributed by atoms with E-state index in [0.717, 1.165) is 0 Å². The maximum Gasteiger partial charge on any atom is 0.244 e. The highest BCUT2D eigenvalue weighted by Gasteiger charge is 2.27. The molecular formula is C18H20FNO3. The molecule has 2 aromatic rings. The minimum Gasteiger partial charge on any atom is -0.466 e. The Morgan fingerprint density at radius 1 is 1.39 bits per heavy atom. The van der Waals surface area contributed by atoms with Gasteiger partial charge in [-0.05, 0) is 50.6 Å². The van der Waals surface area contributed by atoms with E-state index in [2.05, 4.69) is 5.32 Å². The topological polar surface area (TPSA) is 62.5 Å². The predicted molar refractivity (Wildman–Crippen MR) is 86.2 cm³/mol. The summed E-state index contributed by atoms with van der Waals surface area (Å²) in [7, 11) is 0. The number of nitrogens with one attached hydrogen (secondary N) is 1. The molecule has 0 saturated heterocycles. The van der Waals surface area contributed by atoms with Crippen LogP contribution in [0.15, 0.2) is 40.8 Å². The molecule has 1 unspecified atom stereocenters. The highest BCUT2D eigenvalue weighted by molar-refractivity contribution is 5.91. The number of aryl methyl sites for hydroxylation is 2. The molecule has 0 saturated carbocycles. The van der Waals surface area contributed by atoms with E-state index in [9.17, 15) is 14.3 Å². The number of furan rings is 1. The Bertz CT molecular complexity index is 732. The molecule has 1 aromatic heterocycles. The first-order valence-corrected chi connectivity index (χ1v) is 7.29. The predicted octanol–water partition coefficient (Wildman–Crippen LogP) is 3.07. The normalized spacial score (nSPS) is 14.0. The van der Waals surface area contributed by atoms with Gasteiger partial charge in [-0.1, -0.05) is 12.1 Å². The van der Waals surface area contributed by atoms with E-state index in [0.29, 0.717) is 22.6 Å². The van der Waals surface area contributed by atoms with Gasteiger partial charge in [0.1, 0.15) is 22.9 Å². The van der Waals surface area contributed by atoms with Crippen LogP contribution in [0.3, 0.4) is 0 Å². The van der Waals surface area contributed by atoms with Gasteiger partial charge in [-0.25, -0.2) is 4.39 Å². The lowest BCUT2D eigenvalue weighted by molar-refractivity contribution is -0.117. The Hall–Kier alpha value is -2.40. The van der Waals surface area contributed by atoms with Crippen molar-refractivity contribution in [2.24, 2.45) is 0 Å². The fourth-order valence-corrected chi connectivity index (χ4v) is 2.36. The third-order valence-corrected chi connectivity index (χ3v) is 3.50. The van der Waals surface area contributed by atoms with Gasteiger partial charge in [-0.3, -0.25) is 4.79 Å². The molecule has 1 aromatic carbocycles. The Kier molecular flexibility index (Phi) is 5.01. The van der Waals surface area contributed by atoms with Gasteiger partial charge >= 0.3 is 0 Å². The van der Waals surface area contributed by atoms with Crippen molar-refractivity contribution in [2.75, 3.05) is 6.54 Å². The quantitative estimate of drug-likeness (QED) is 0.833. The van der Waals surface area contributed by atoms with Crippen LogP contribution in [-0.2, 0) is 10.4 Å². The average Bonchev–Trinajstić information content (AvgIpc) is 2.83. The lowest BCUT2D eigenvalue weighted by Crippen LogP contribution is -2.38. The monoisotopic (exact) mass is 317 g/mol. The second-order valence-corrected chi connectivity index (χ2v) is 5.71. The Labute approximate surface area is 134 Å². The average molecular weight is 317 g/mol. The smallest absolute Gasteiger partial charge is 0.244 e. The Morgan fingerprint density at radius 2 is 2.13 bits per heavy atom. The summed E-state index contributed by atoms with van der Waals surface area (Å²) in [5.41, 5.74) is 0.00197. The van der Waals surface area contributed by atoms with Crippen LogP contribution in [0.1, 0.15) is 29.6 Å². The van der Waals surface area contributed by atoms with E-state index in [-0.39, 0.29) is 18.3 Å². The molecule has 0 bridgehead atoms. The third kappa shape index (κ3) is 4.53. The number of hydrogen-bond donors (Lipinski definition) is 2. The van der Waals surface area contributed by atoms with Crippen LogP contribution in [0.25, 0.3) is 6.08 Å². The summed E-state index contributed by atoms with van der Waals surface area (Å²) in [6, 6.07) is 7.69. The van der Waals surface area contributed by atoms with Crippen molar-refractivity contribution in [3.8, 4) is 0 Å². The van der Waals surface area contributed by atoms with E-state index >= 15 is 0 Å². The molecule has 1 heterocycles. The van der Waals surface area contributed by atoms with E-state index in [1.807, 2.05) is 0 Å². The van der Waals surface area contributed by atoms with E-state index in [1.165, 1.54) is 24.3 Å². The van der Waals surface area contributed by atoms with Crippen LogP contribution < -0.4 is 5.32 Å². The number of carbonyl (C=O) groups is 1. The summed E-state index contributed by atoms with van der Waals surface area (Å²) < 4.78 is 18.4. The fourth-order valence-electron chi connectivity index (χ4n) is 2.36. The second kappa shape index (κ2) is 6.79. The standard InChI is InChI=1S/C18H20FNO3/c1-12-9-16(13(2)23-12)18(3,22)11-20-17(21)8-7-14-5-4-6-15(19)10-14/h4-10,22H,11H2,1-3H3,(H,20,21). The van der Waals surface area contributed by atoms with Crippen LogP contribution in [0, 0.1) is 19.7 Å². The van der Waals surface area contributed by atoms with Gasteiger partial charge in [0, 0.05) is 11.6 Å². The van der Waals surface area contributed by atoms with Crippen molar-refractivity contribution in [3.63, 3.8) is 0 Å². The largest absolute Gasteiger partial charge is 0.466 e. The molecule has 5 heteroatoms. The molecule has 4 nitrogen and oxygen atoms in total. The minimum absolute atomic E-state index is 0.0408. The van der Waals surface area contributed by atoms with Gasteiger partial charge in [0.15, 0.2) is 0 Å². The summed E-state index contributed by atoms with van der Waals surface area (Å²) >= 11 is 0. The number of aliphatic hydroxyl groups is 1. The van der Waals surface area contributed by atoms with Gasteiger partial charge in [-0.15, -0.1) is 0 Å². The molecule has 23 heavy (non-hydrogen) atoms. The maximum absolute atomic E-state index is 13.0. The molecular weight excluding hydrogens is 297 g/mol. The van der Waals surface area contributed by atoms with Crippen molar-refractivity contribution in [1.82, 2.24) is 5.32 Å². The molecule has 0 aliphatic rings. The van der Waals surface area contributed by atoms with E-state index in [4.69, 9.17) is 4.42 Å². The molecule has 1 atom stereocenters. The number of halogens is 1. The van der Waals surface area contributed by atoms with Crippen LogP contribution in [-0.4, -0.2) is 17.6 Å². The highest BCUT2D eigenvalue weighted by atomic mass is 19.1. The zero-order valence-electron chi connectivity index (χ0n) is 13.4. The second-order valence-electron chi connectivity index (χ2n) is 5.71. The summed E-state index contributed by atoms with van der Waals surface area (Å²) in [6.07, 6.45) is 2.82. The van der Waals surface area contributed by atoms with E-state index < -0.39 is 5.60 Å². The molecule has 0 spiro atoms. The first kappa shape index (κ1) is 17.0. The molecule has 0 aliphatic carbocycles. The van der Waals surface area contributed by atoms with E-state index in [1.54, 1.807) is 39.0 Å². The number of carbonyl (C=O) groups excluding carboxylic acids is 1. The molecule has 0 fully saturated rings. The summed E-state index contributed by atoms with van der Waals surface area (Å²) in [4.78, 5) is 11.8. The number of amides is 1. The Balaban J connectivity index is 1.97. The summed E-state index contributed by atoms with van der Waals surface area (Å²) in [5, 5.41) is 13.1. The molecule has 2 N–H and O–H groups in total. The Morgan fingerprint density at radius 3 is 2.74 bits per heavy atom. The number of benzene rings is 1. The van der Waals surface area contributed by atoms with Crippen LogP contribution >= 0.6 is 0 Å². The molecule has 2 rings (SSSR count). The van der Waals surface area contributed by atoms with Gasteiger partial charge in [0.25, 0.3) is 0 Å². The molecule has 1 amide bonds.